The van der Waals surface area contributed by atoms with Crippen molar-refractivity contribution in [3.05, 3.63) is 0 Å². The zero-order valence-corrected chi connectivity index (χ0v) is 11.8. The van der Waals surface area contributed by atoms with Gasteiger partial charge >= 0.3 is 6.18 Å². The van der Waals surface area contributed by atoms with Crippen LogP contribution in [-0.2, 0) is 4.74 Å². The Kier molecular flexibility index (Phi) is 8.61. The Labute approximate surface area is 108 Å². The van der Waals surface area contributed by atoms with Crippen molar-refractivity contribution in [2.24, 2.45) is 5.92 Å². The van der Waals surface area contributed by atoms with E-state index >= 15 is 0 Å². The Hall–Kier alpha value is -0.290. The van der Waals surface area contributed by atoms with Gasteiger partial charge in [0, 0.05) is 19.6 Å². The molecule has 0 radical (unpaired) electrons. The van der Waals surface area contributed by atoms with E-state index in [0.717, 1.165) is 13.0 Å². The van der Waals surface area contributed by atoms with Crippen LogP contribution in [0.5, 0.6) is 0 Å². The third-order valence-electron chi connectivity index (χ3n) is 2.96. The largest absolute Gasteiger partial charge is 0.389 e. The fourth-order valence-electron chi connectivity index (χ4n) is 2.14. The monoisotopic (exact) mass is 269 g/mol. The lowest BCUT2D eigenvalue weighted by Crippen LogP contribution is -2.44. The fraction of sp³-hybridized carbons (Fsp3) is 1.00. The summed E-state index contributed by atoms with van der Waals surface area (Å²) in [5.74, 6) is 0.287. The molecule has 0 aromatic carbocycles. The predicted octanol–water partition coefficient (Wildman–Crippen LogP) is 3.76. The molecule has 0 aliphatic heterocycles. The maximum absolute atomic E-state index is 12.1. The Bertz CT molecular complexity index is 207. The van der Waals surface area contributed by atoms with Crippen LogP contribution in [0.2, 0.25) is 0 Å². The molecule has 2 unspecified atom stereocenters. The number of rotatable bonds is 9. The van der Waals surface area contributed by atoms with Gasteiger partial charge in [0.05, 0.1) is 6.10 Å². The number of methoxy groups -OCH3 is 1. The second-order valence-electron chi connectivity index (χ2n) is 5.01. The van der Waals surface area contributed by atoms with E-state index in [4.69, 9.17) is 4.74 Å². The van der Waals surface area contributed by atoms with E-state index in [2.05, 4.69) is 5.32 Å². The molecule has 0 aromatic rings. The lowest BCUT2D eigenvalue weighted by Gasteiger charge is -2.30. The first-order valence-corrected chi connectivity index (χ1v) is 6.64. The first-order chi connectivity index (χ1) is 8.31. The molecular formula is C13H26F3NO. The van der Waals surface area contributed by atoms with Crippen LogP contribution < -0.4 is 5.32 Å². The van der Waals surface area contributed by atoms with Crippen molar-refractivity contribution in [2.45, 2.75) is 64.8 Å². The quantitative estimate of drug-likeness (QED) is 0.688. The minimum atomic E-state index is -4.06. The molecule has 110 valence electrons. The molecule has 0 aromatic heterocycles. The average Bonchev–Trinajstić information content (AvgIpc) is 2.23. The SMILES string of the molecule is CCCNC(CCCC(F)(F)F)C(OC)C(C)C. The molecule has 0 rings (SSSR count). The van der Waals surface area contributed by atoms with Crippen LogP contribution in [0.3, 0.4) is 0 Å². The van der Waals surface area contributed by atoms with E-state index in [1.54, 1.807) is 7.11 Å². The Morgan fingerprint density at radius 1 is 1.22 bits per heavy atom. The van der Waals surface area contributed by atoms with E-state index < -0.39 is 12.6 Å². The maximum Gasteiger partial charge on any atom is 0.389 e. The van der Waals surface area contributed by atoms with Crippen molar-refractivity contribution < 1.29 is 17.9 Å². The summed E-state index contributed by atoms with van der Waals surface area (Å²) in [4.78, 5) is 0. The lowest BCUT2D eigenvalue weighted by molar-refractivity contribution is -0.136. The van der Waals surface area contributed by atoms with E-state index in [1.807, 2.05) is 20.8 Å². The Morgan fingerprint density at radius 3 is 2.22 bits per heavy atom. The van der Waals surface area contributed by atoms with Gasteiger partial charge in [-0.05, 0) is 31.7 Å². The molecule has 0 bridgehead atoms. The molecule has 0 aliphatic carbocycles. The summed E-state index contributed by atoms with van der Waals surface area (Å²) >= 11 is 0. The highest BCUT2D eigenvalue weighted by Gasteiger charge is 2.29. The molecule has 2 atom stereocenters. The number of nitrogens with one attached hydrogen (secondary N) is 1. The summed E-state index contributed by atoms with van der Waals surface area (Å²) in [6, 6.07) is -0.00250. The fourth-order valence-corrected chi connectivity index (χ4v) is 2.14. The van der Waals surface area contributed by atoms with Gasteiger partial charge in [0.1, 0.15) is 0 Å². The minimum Gasteiger partial charge on any atom is -0.380 e. The van der Waals surface area contributed by atoms with Gasteiger partial charge in [-0.15, -0.1) is 0 Å². The van der Waals surface area contributed by atoms with Crippen molar-refractivity contribution in [2.75, 3.05) is 13.7 Å². The second kappa shape index (κ2) is 8.75. The third-order valence-corrected chi connectivity index (χ3v) is 2.96. The van der Waals surface area contributed by atoms with Crippen LogP contribution in [0, 0.1) is 5.92 Å². The topological polar surface area (TPSA) is 21.3 Å². The van der Waals surface area contributed by atoms with Crippen molar-refractivity contribution in [1.29, 1.82) is 0 Å². The molecule has 0 saturated carbocycles. The highest BCUT2D eigenvalue weighted by molar-refractivity contribution is 4.79. The molecule has 0 fully saturated rings. The van der Waals surface area contributed by atoms with Crippen molar-refractivity contribution in [3.8, 4) is 0 Å². The van der Waals surface area contributed by atoms with Crippen LogP contribution in [0.15, 0.2) is 0 Å². The molecule has 0 saturated heterocycles. The number of ether oxygens (including phenoxy) is 1. The summed E-state index contributed by atoms with van der Waals surface area (Å²) in [6.07, 6.45) is -3.20. The molecule has 5 heteroatoms. The zero-order chi connectivity index (χ0) is 14.2. The van der Waals surface area contributed by atoms with E-state index in [-0.39, 0.29) is 24.5 Å². The summed E-state index contributed by atoms with van der Waals surface area (Å²) < 4.78 is 41.9. The highest BCUT2D eigenvalue weighted by atomic mass is 19.4. The summed E-state index contributed by atoms with van der Waals surface area (Å²) in [6.45, 7) is 6.90. The molecule has 18 heavy (non-hydrogen) atoms. The lowest BCUT2D eigenvalue weighted by atomic mass is 9.95. The van der Waals surface area contributed by atoms with Crippen LogP contribution in [-0.4, -0.2) is 32.0 Å². The molecule has 0 heterocycles. The van der Waals surface area contributed by atoms with Crippen LogP contribution >= 0.6 is 0 Å². The van der Waals surface area contributed by atoms with Crippen LogP contribution in [0.1, 0.15) is 46.5 Å². The van der Waals surface area contributed by atoms with Crippen LogP contribution in [0.25, 0.3) is 0 Å². The minimum absolute atomic E-state index is 0.00250. The number of halogens is 3. The van der Waals surface area contributed by atoms with Gasteiger partial charge in [0.25, 0.3) is 0 Å². The van der Waals surface area contributed by atoms with E-state index in [1.165, 1.54) is 0 Å². The number of alkyl halides is 3. The molecule has 1 N–H and O–H groups in total. The molecule has 0 amide bonds. The Balaban J connectivity index is 4.29. The van der Waals surface area contributed by atoms with Gasteiger partial charge in [-0.1, -0.05) is 20.8 Å². The highest BCUT2D eigenvalue weighted by Crippen LogP contribution is 2.24. The summed E-state index contributed by atoms with van der Waals surface area (Å²) in [5, 5.41) is 3.30. The van der Waals surface area contributed by atoms with Crippen molar-refractivity contribution in [3.63, 3.8) is 0 Å². The van der Waals surface area contributed by atoms with Crippen LogP contribution in [0.4, 0.5) is 13.2 Å². The van der Waals surface area contributed by atoms with Gasteiger partial charge in [0.2, 0.25) is 0 Å². The molecule has 0 aliphatic rings. The summed E-state index contributed by atoms with van der Waals surface area (Å²) in [5.41, 5.74) is 0. The molecule has 2 nitrogen and oxygen atoms in total. The van der Waals surface area contributed by atoms with E-state index in [0.29, 0.717) is 6.42 Å². The standard InChI is InChI=1S/C13H26F3NO/c1-5-9-17-11(12(18-4)10(2)3)7-6-8-13(14,15)16/h10-12,17H,5-9H2,1-4H3. The van der Waals surface area contributed by atoms with Crippen molar-refractivity contribution in [1.82, 2.24) is 5.32 Å². The van der Waals surface area contributed by atoms with E-state index in [9.17, 15) is 13.2 Å². The van der Waals surface area contributed by atoms with Gasteiger partial charge in [-0.25, -0.2) is 0 Å². The van der Waals surface area contributed by atoms with Gasteiger partial charge < -0.3 is 10.1 Å². The zero-order valence-electron chi connectivity index (χ0n) is 11.8. The molecule has 0 spiro atoms. The first kappa shape index (κ1) is 17.7. The first-order valence-electron chi connectivity index (χ1n) is 6.64. The van der Waals surface area contributed by atoms with Gasteiger partial charge in [-0.2, -0.15) is 13.2 Å². The van der Waals surface area contributed by atoms with Crippen molar-refractivity contribution >= 4 is 0 Å². The number of hydrogen-bond donors (Lipinski definition) is 1. The predicted molar refractivity (Wildman–Crippen MR) is 67.6 cm³/mol. The van der Waals surface area contributed by atoms with Gasteiger partial charge in [-0.3, -0.25) is 0 Å². The van der Waals surface area contributed by atoms with Gasteiger partial charge in [0.15, 0.2) is 0 Å². The normalized spacial score (nSPS) is 16.0. The maximum atomic E-state index is 12.1. The average molecular weight is 269 g/mol. The third kappa shape index (κ3) is 7.93. The smallest absolute Gasteiger partial charge is 0.380 e. The summed E-state index contributed by atoms with van der Waals surface area (Å²) in [7, 11) is 1.62. The molecular weight excluding hydrogens is 243 g/mol. The number of hydrogen-bond acceptors (Lipinski definition) is 2. The Morgan fingerprint density at radius 2 is 1.83 bits per heavy atom. The second-order valence-corrected chi connectivity index (χ2v) is 5.01.